The molecule has 0 fully saturated rings. The minimum absolute atomic E-state index is 0.156. The Hall–Kier alpha value is -1.95. The first kappa shape index (κ1) is 13.1. The SMILES string of the molecule is C#CC(C)(C)NC(=O)c1cccc(N(C)C)c1. The number of benzene rings is 1. The molecule has 3 heteroatoms. The number of terminal acetylenes is 1. The zero-order valence-electron chi connectivity index (χ0n) is 10.7. The lowest BCUT2D eigenvalue weighted by Gasteiger charge is -2.20. The van der Waals surface area contributed by atoms with Gasteiger partial charge in [0, 0.05) is 25.3 Å². The fraction of sp³-hybridized carbons (Fsp3) is 0.357. The van der Waals surface area contributed by atoms with Crippen LogP contribution in [0.2, 0.25) is 0 Å². The summed E-state index contributed by atoms with van der Waals surface area (Å²) in [5.41, 5.74) is 0.960. The molecule has 1 rings (SSSR count). The monoisotopic (exact) mass is 230 g/mol. The first-order valence-corrected chi connectivity index (χ1v) is 5.43. The highest BCUT2D eigenvalue weighted by molar-refractivity contribution is 5.95. The van der Waals surface area contributed by atoms with Crippen LogP contribution in [0.1, 0.15) is 24.2 Å². The first-order chi connectivity index (χ1) is 7.85. The van der Waals surface area contributed by atoms with E-state index in [9.17, 15) is 4.79 Å². The number of carbonyl (C=O) groups is 1. The molecule has 0 saturated heterocycles. The zero-order valence-corrected chi connectivity index (χ0v) is 10.7. The Labute approximate surface area is 103 Å². The first-order valence-electron chi connectivity index (χ1n) is 5.43. The van der Waals surface area contributed by atoms with Gasteiger partial charge >= 0.3 is 0 Å². The van der Waals surface area contributed by atoms with Gasteiger partial charge in [-0.15, -0.1) is 6.42 Å². The minimum Gasteiger partial charge on any atom is -0.378 e. The van der Waals surface area contributed by atoms with Crippen molar-refractivity contribution in [1.82, 2.24) is 5.32 Å². The standard InChI is InChI=1S/C14H18N2O/c1-6-14(2,3)15-13(17)11-8-7-9-12(10-11)16(4)5/h1,7-10H,2-5H3,(H,15,17). The molecule has 1 aromatic rings. The second kappa shape index (κ2) is 4.92. The van der Waals surface area contributed by atoms with Crippen LogP contribution in [0.5, 0.6) is 0 Å². The van der Waals surface area contributed by atoms with Gasteiger partial charge in [-0.25, -0.2) is 0 Å². The summed E-state index contributed by atoms with van der Waals surface area (Å²) in [7, 11) is 3.87. The van der Waals surface area contributed by atoms with Crippen LogP contribution in [0.3, 0.4) is 0 Å². The molecular formula is C14H18N2O. The van der Waals surface area contributed by atoms with E-state index in [1.165, 1.54) is 0 Å². The molecule has 0 aromatic heterocycles. The van der Waals surface area contributed by atoms with Crippen molar-refractivity contribution in [3.8, 4) is 12.3 Å². The highest BCUT2D eigenvalue weighted by atomic mass is 16.1. The quantitative estimate of drug-likeness (QED) is 0.804. The summed E-state index contributed by atoms with van der Waals surface area (Å²) in [4.78, 5) is 13.9. The van der Waals surface area contributed by atoms with Crippen LogP contribution in [-0.2, 0) is 0 Å². The van der Waals surface area contributed by atoms with Gasteiger partial charge in [0.1, 0.15) is 0 Å². The molecular weight excluding hydrogens is 212 g/mol. The molecule has 0 heterocycles. The van der Waals surface area contributed by atoms with Crippen LogP contribution in [-0.4, -0.2) is 25.5 Å². The van der Waals surface area contributed by atoms with Crippen LogP contribution >= 0.6 is 0 Å². The largest absolute Gasteiger partial charge is 0.378 e. The van der Waals surface area contributed by atoms with E-state index >= 15 is 0 Å². The lowest BCUT2D eigenvalue weighted by molar-refractivity contribution is 0.0930. The lowest BCUT2D eigenvalue weighted by atomic mass is 10.1. The number of carbonyl (C=O) groups excluding carboxylic acids is 1. The van der Waals surface area contributed by atoms with Crippen LogP contribution in [0.15, 0.2) is 24.3 Å². The summed E-state index contributed by atoms with van der Waals surface area (Å²) < 4.78 is 0. The van der Waals surface area contributed by atoms with Gasteiger partial charge in [0.2, 0.25) is 0 Å². The van der Waals surface area contributed by atoms with E-state index in [0.29, 0.717) is 5.56 Å². The molecule has 0 aliphatic rings. The fourth-order valence-corrected chi connectivity index (χ4v) is 1.32. The second-order valence-corrected chi connectivity index (χ2v) is 4.67. The van der Waals surface area contributed by atoms with Crippen molar-refractivity contribution < 1.29 is 4.79 Å². The van der Waals surface area contributed by atoms with E-state index in [1.54, 1.807) is 19.9 Å². The molecule has 1 aromatic carbocycles. The number of hydrogen-bond donors (Lipinski definition) is 1. The van der Waals surface area contributed by atoms with E-state index in [1.807, 2.05) is 37.2 Å². The van der Waals surface area contributed by atoms with E-state index in [-0.39, 0.29) is 5.91 Å². The van der Waals surface area contributed by atoms with Crippen molar-refractivity contribution >= 4 is 11.6 Å². The Bertz CT molecular complexity index is 456. The Balaban J connectivity index is 2.91. The number of nitrogens with zero attached hydrogens (tertiary/aromatic N) is 1. The molecule has 0 aliphatic heterocycles. The summed E-state index contributed by atoms with van der Waals surface area (Å²) in [6.07, 6.45) is 5.34. The second-order valence-electron chi connectivity index (χ2n) is 4.67. The Morgan fingerprint density at radius 2 is 2.06 bits per heavy atom. The molecule has 0 saturated carbocycles. The maximum Gasteiger partial charge on any atom is 0.252 e. The summed E-state index contributed by atoms with van der Waals surface area (Å²) in [5.74, 6) is 2.38. The van der Waals surface area contributed by atoms with Crippen LogP contribution < -0.4 is 10.2 Å². The number of nitrogens with one attached hydrogen (secondary N) is 1. The van der Waals surface area contributed by atoms with Crippen molar-refractivity contribution in [2.24, 2.45) is 0 Å². The maximum absolute atomic E-state index is 12.0. The average molecular weight is 230 g/mol. The Morgan fingerprint density at radius 1 is 1.41 bits per heavy atom. The third-order valence-corrected chi connectivity index (χ3v) is 2.41. The highest BCUT2D eigenvalue weighted by Gasteiger charge is 2.18. The lowest BCUT2D eigenvalue weighted by Crippen LogP contribution is -2.42. The molecule has 0 atom stereocenters. The van der Waals surface area contributed by atoms with Gasteiger partial charge < -0.3 is 10.2 Å². The van der Waals surface area contributed by atoms with Crippen molar-refractivity contribution in [3.05, 3.63) is 29.8 Å². The van der Waals surface area contributed by atoms with Gasteiger partial charge in [0.05, 0.1) is 5.54 Å². The molecule has 0 spiro atoms. The van der Waals surface area contributed by atoms with Gasteiger partial charge in [-0.1, -0.05) is 12.0 Å². The van der Waals surface area contributed by atoms with Crippen molar-refractivity contribution in [1.29, 1.82) is 0 Å². The summed E-state index contributed by atoms with van der Waals surface area (Å²) in [6.45, 7) is 3.58. The smallest absolute Gasteiger partial charge is 0.252 e. The molecule has 0 radical (unpaired) electrons. The fourth-order valence-electron chi connectivity index (χ4n) is 1.32. The molecule has 0 aliphatic carbocycles. The molecule has 1 N–H and O–H groups in total. The third-order valence-electron chi connectivity index (χ3n) is 2.41. The Morgan fingerprint density at radius 3 is 2.59 bits per heavy atom. The summed E-state index contributed by atoms with van der Waals surface area (Å²) >= 11 is 0. The van der Waals surface area contributed by atoms with Gasteiger partial charge in [0.15, 0.2) is 0 Å². The van der Waals surface area contributed by atoms with Crippen molar-refractivity contribution in [2.45, 2.75) is 19.4 Å². The predicted molar refractivity (Wildman–Crippen MR) is 71.1 cm³/mol. The molecule has 17 heavy (non-hydrogen) atoms. The molecule has 90 valence electrons. The predicted octanol–water partition coefficient (Wildman–Crippen LogP) is 1.89. The van der Waals surface area contributed by atoms with Crippen LogP contribution in [0, 0.1) is 12.3 Å². The topological polar surface area (TPSA) is 32.3 Å². The summed E-state index contributed by atoms with van der Waals surface area (Å²) in [6, 6.07) is 7.41. The normalized spacial score (nSPS) is 10.5. The van der Waals surface area contributed by atoms with Gasteiger partial charge in [-0.3, -0.25) is 4.79 Å². The van der Waals surface area contributed by atoms with Crippen molar-refractivity contribution in [3.63, 3.8) is 0 Å². The third kappa shape index (κ3) is 3.53. The van der Waals surface area contributed by atoms with Gasteiger partial charge in [-0.2, -0.15) is 0 Å². The maximum atomic E-state index is 12.0. The molecule has 0 unspecified atom stereocenters. The number of anilines is 1. The van der Waals surface area contributed by atoms with E-state index in [2.05, 4.69) is 11.2 Å². The van der Waals surface area contributed by atoms with Crippen LogP contribution in [0.25, 0.3) is 0 Å². The highest BCUT2D eigenvalue weighted by Crippen LogP contribution is 2.14. The van der Waals surface area contributed by atoms with Gasteiger partial charge in [-0.05, 0) is 32.0 Å². The van der Waals surface area contributed by atoms with Crippen molar-refractivity contribution in [2.75, 3.05) is 19.0 Å². The van der Waals surface area contributed by atoms with Crippen LogP contribution in [0.4, 0.5) is 5.69 Å². The van der Waals surface area contributed by atoms with E-state index in [4.69, 9.17) is 6.42 Å². The number of rotatable bonds is 3. The minimum atomic E-state index is -0.634. The average Bonchev–Trinajstić information content (AvgIpc) is 2.28. The van der Waals surface area contributed by atoms with E-state index < -0.39 is 5.54 Å². The van der Waals surface area contributed by atoms with E-state index in [0.717, 1.165) is 5.69 Å². The summed E-state index contributed by atoms with van der Waals surface area (Å²) in [5, 5.41) is 2.79. The molecule has 0 bridgehead atoms. The molecule has 1 amide bonds. The molecule has 3 nitrogen and oxygen atoms in total. The zero-order chi connectivity index (χ0) is 13.1. The number of amides is 1. The number of hydrogen-bond acceptors (Lipinski definition) is 2. The Kier molecular flexibility index (Phi) is 3.80. The van der Waals surface area contributed by atoms with Gasteiger partial charge in [0.25, 0.3) is 5.91 Å².